The molecule has 2 aromatic carbocycles. The van der Waals surface area contributed by atoms with Crippen LogP contribution in [0.5, 0.6) is 0 Å². The quantitative estimate of drug-likeness (QED) is 0.353. The number of hydrogen-bond donors (Lipinski definition) is 2. The number of aryl methyl sites for hydroxylation is 1. The first-order chi connectivity index (χ1) is 12.8. The van der Waals surface area contributed by atoms with Gasteiger partial charge in [0, 0.05) is 19.3 Å². The van der Waals surface area contributed by atoms with Gasteiger partial charge in [-0.25, -0.2) is 13.4 Å². The van der Waals surface area contributed by atoms with E-state index in [-0.39, 0.29) is 24.0 Å². The molecule has 0 aromatic heterocycles. The first-order valence-corrected chi connectivity index (χ1v) is 10.5. The molecule has 0 aliphatic rings. The largest absolute Gasteiger partial charge is 0.357 e. The van der Waals surface area contributed by atoms with E-state index >= 15 is 0 Å². The van der Waals surface area contributed by atoms with Crippen molar-refractivity contribution in [2.45, 2.75) is 31.8 Å². The fourth-order valence-electron chi connectivity index (χ4n) is 2.62. The molecule has 0 unspecified atom stereocenters. The Kier molecular flexibility index (Phi) is 9.41. The van der Waals surface area contributed by atoms with Crippen LogP contribution >= 0.6 is 24.0 Å². The van der Waals surface area contributed by atoms with Gasteiger partial charge in [-0.3, -0.25) is 0 Å². The molecule has 2 rings (SSSR count). The van der Waals surface area contributed by atoms with Crippen molar-refractivity contribution in [2.75, 3.05) is 12.8 Å². The molecule has 2 aromatic rings. The number of nitrogens with one attached hydrogen (secondary N) is 2. The lowest BCUT2D eigenvalue weighted by Crippen LogP contribution is -2.36. The number of aliphatic imine (C=N–C) groups is 1. The summed E-state index contributed by atoms with van der Waals surface area (Å²) in [4.78, 5) is 4.91. The van der Waals surface area contributed by atoms with Crippen LogP contribution in [0.4, 0.5) is 0 Å². The molecule has 28 heavy (non-hydrogen) atoms. The van der Waals surface area contributed by atoms with Gasteiger partial charge in [-0.2, -0.15) is 5.26 Å². The van der Waals surface area contributed by atoms with Crippen LogP contribution in [0.1, 0.15) is 29.2 Å². The lowest BCUT2D eigenvalue weighted by atomic mass is 10.1. The Balaban J connectivity index is 0.00000392. The average Bonchev–Trinajstić information content (AvgIpc) is 2.63. The molecule has 150 valence electrons. The molecule has 8 heteroatoms. The second-order valence-electron chi connectivity index (χ2n) is 6.23. The molecule has 0 fully saturated rings. The van der Waals surface area contributed by atoms with Crippen molar-refractivity contribution in [2.24, 2.45) is 4.99 Å². The summed E-state index contributed by atoms with van der Waals surface area (Å²) >= 11 is 0. The molecule has 0 saturated heterocycles. The number of guanidine groups is 1. The van der Waals surface area contributed by atoms with E-state index in [0.717, 1.165) is 23.2 Å². The van der Waals surface area contributed by atoms with Crippen LogP contribution in [0.15, 0.2) is 52.4 Å². The predicted octanol–water partition coefficient (Wildman–Crippen LogP) is 3.14. The number of benzene rings is 2. The van der Waals surface area contributed by atoms with Gasteiger partial charge >= 0.3 is 0 Å². The zero-order valence-electron chi connectivity index (χ0n) is 16.2. The summed E-state index contributed by atoms with van der Waals surface area (Å²) < 4.78 is 23.4. The first kappa shape index (κ1) is 23.9. The van der Waals surface area contributed by atoms with E-state index in [9.17, 15) is 8.42 Å². The summed E-state index contributed by atoms with van der Waals surface area (Å²) in [6.07, 6.45) is 1.21. The molecule has 2 N–H and O–H groups in total. The van der Waals surface area contributed by atoms with Crippen molar-refractivity contribution in [1.29, 1.82) is 5.26 Å². The van der Waals surface area contributed by atoms with Gasteiger partial charge in [-0.1, -0.05) is 24.3 Å². The van der Waals surface area contributed by atoms with Gasteiger partial charge in [-0.15, -0.1) is 24.0 Å². The molecule has 0 spiro atoms. The number of sulfone groups is 1. The number of nitriles is 1. The second-order valence-corrected chi connectivity index (χ2v) is 8.21. The lowest BCUT2D eigenvalue weighted by molar-refractivity contribution is 0.601. The van der Waals surface area contributed by atoms with Crippen molar-refractivity contribution in [3.8, 4) is 6.07 Å². The lowest BCUT2D eigenvalue weighted by Gasteiger charge is -2.12. The predicted molar refractivity (Wildman–Crippen MR) is 123 cm³/mol. The van der Waals surface area contributed by atoms with Crippen molar-refractivity contribution >= 4 is 39.8 Å². The minimum atomic E-state index is -3.22. The Morgan fingerprint density at radius 2 is 1.75 bits per heavy atom. The van der Waals surface area contributed by atoms with E-state index in [1.54, 1.807) is 31.2 Å². The Morgan fingerprint density at radius 1 is 1.11 bits per heavy atom. The molecule has 0 saturated carbocycles. The summed E-state index contributed by atoms with van der Waals surface area (Å²) in [7, 11) is -3.22. The Morgan fingerprint density at radius 3 is 2.29 bits per heavy atom. The zero-order valence-corrected chi connectivity index (χ0v) is 19.3. The number of nitrogens with zero attached hydrogens (tertiary/aromatic N) is 2. The summed E-state index contributed by atoms with van der Waals surface area (Å²) in [5.41, 5.74) is 3.34. The van der Waals surface area contributed by atoms with Crippen molar-refractivity contribution in [3.05, 3.63) is 64.7 Å². The van der Waals surface area contributed by atoms with Gasteiger partial charge < -0.3 is 10.6 Å². The van der Waals surface area contributed by atoms with E-state index in [1.807, 2.05) is 25.1 Å². The van der Waals surface area contributed by atoms with Crippen LogP contribution in [0, 0.1) is 18.3 Å². The zero-order chi connectivity index (χ0) is 19.9. The van der Waals surface area contributed by atoms with Crippen LogP contribution in [0.2, 0.25) is 0 Å². The Bertz CT molecular complexity index is 965. The third-order valence-corrected chi connectivity index (χ3v) is 5.20. The molecule has 0 bridgehead atoms. The highest BCUT2D eigenvalue weighted by atomic mass is 127. The first-order valence-electron chi connectivity index (χ1n) is 8.64. The number of hydrogen-bond acceptors (Lipinski definition) is 4. The van der Waals surface area contributed by atoms with E-state index in [0.29, 0.717) is 29.5 Å². The maximum Gasteiger partial charge on any atom is 0.191 e. The molecular weight excluding hydrogens is 487 g/mol. The van der Waals surface area contributed by atoms with Gasteiger partial charge in [0.2, 0.25) is 0 Å². The van der Waals surface area contributed by atoms with Crippen LogP contribution in [-0.2, 0) is 22.9 Å². The maximum atomic E-state index is 11.7. The highest BCUT2D eigenvalue weighted by molar-refractivity contribution is 14.0. The summed E-state index contributed by atoms with van der Waals surface area (Å²) in [5.74, 6) is 0.673. The van der Waals surface area contributed by atoms with E-state index in [2.05, 4.69) is 21.7 Å². The average molecular weight is 512 g/mol. The van der Waals surface area contributed by atoms with Gasteiger partial charge in [0.15, 0.2) is 15.8 Å². The van der Waals surface area contributed by atoms with E-state index in [4.69, 9.17) is 5.26 Å². The third kappa shape index (κ3) is 7.13. The van der Waals surface area contributed by atoms with Crippen LogP contribution in [0.25, 0.3) is 0 Å². The standard InChI is InChI=1S/C20H24N4O2S.HI/c1-4-22-20(23-13-17-7-5-16(12-21)6-8-17)24-14-18-9-10-19(15(2)11-18)27(3,25)26;/h5-11H,4,13-14H2,1-3H3,(H2,22,23,24);1H. The molecule has 0 radical (unpaired) electrons. The maximum absolute atomic E-state index is 11.7. The second kappa shape index (κ2) is 11.0. The summed E-state index contributed by atoms with van der Waals surface area (Å²) in [6.45, 7) is 5.53. The highest BCUT2D eigenvalue weighted by Gasteiger charge is 2.10. The van der Waals surface area contributed by atoms with Crippen LogP contribution in [0.3, 0.4) is 0 Å². The monoisotopic (exact) mass is 512 g/mol. The van der Waals surface area contributed by atoms with Crippen molar-refractivity contribution < 1.29 is 8.42 Å². The topological polar surface area (TPSA) is 94.3 Å². The van der Waals surface area contributed by atoms with Gasteiger partial charge in [0.25, 0.3) is 0 Å². The molecule has 0 atom stereocenters. The summed E-state index contributed by atoms with van der Waals surface area (Å²) in [6, 6.07) is 14.8. The molecule has 0 aliphatic heterocycles. The van der Waals surface area contributed by atoms with E-state index in [1.165, 1.54) is 6.26 Å². The van der Waals surface area contributed by atoms with Gasteiger partial charge in [0.05, 0.1) is 23.1 Å². The van der Waals surface area contributed by atoms with Gasteiger partial charge in [0.1, 0.15) is 0 Å². The molecule has 0 aliphatic carbocycles. The van der Waals surface area contributed by atoms with Crippen LogP contribution in [-0.4, -0.2) is 27.2 Å². The molecule has 6 nitrogen and oxygen atoms in total. The van der Waals surface area contributed by atoms with Gasteiger partial charge in [-0.05, 0) is 48.7 Å². The number of rotatable bonds is 6. The highest BCUT2D eigenvalue weighted by Crippen LogP contribution is 2.17. The SMILES string of the molecule is CCNC(=NCc1ccc(S(C)(=O)=O)c(C)c1)NCc1ccc(C#N)cc1.I. The smallest absolute Gasteiger partial charge is 0.191 e. The fourth-order valence-corrected chi connectivity index (χ4v) is 3.58. The molecule has 0 heterocycles. The van der Waals surface area contributed by atoms with E-state index < -0.39 is 9.84 Å². The third-order valence-electron chi connectivity index (χ3n) is 3.95. The Labute approximate surface area is 184 Å². The molecular formula is C20H25IN4O2S. The van der Waals surface area contributed by atoms with Crippen molar-refractivity contribution in [3.63, 3.8) is 0 Å². The minimum Gasteiger partial charge on any atom is -0.357 e. The minimum absolute atomic E-state index is 0. The normalized spacial score (nSPS) is 11.3. The molecule has 0 amide bonds. The summed E-state index contributed by atoms with van der Waals surface area (Å²) in [5, 5.41) is 15.3. The van der Waals surface area contributed by atoms with Crippen molar-refractivity contribution in [1.82, 2.24) is 10.6 Å². The van der Waals surface area contributed by atoms with Crippen LogP contribution < -0.4 is 10.6 Å². The fraction of sp³-hybridized carbons (Fsp3) is 0.300. The Hall–Kier alpha value is -2.12. The number of halogens is 1.